The maximum atomic E-state index is 5.24. The number of pyridine rings is 1. The van der Waals surface area contributed by atoms with Crippen LogP contribution in [0.3, 0.4) is 0 Å². The van der Waals surface area contributed by atoms with Gasteiger partial charge in [-0.3, -0.25) is 10.4 Å². The van der Waals surface area contributed by atoms with Crippen LogP contribution in [-0.4, -0.2) is 16.3 Å². The van der Waals surface area contributed by atoms with E-state index in [1.165, 1.54) is 0 Å². The molecule has 2 aromatic rings. The van der Waals surface area contributed by atoms with Crippen molar-refractivity contribution in [2.24, 2.45) is 10.8 Å². The minimum Gasteiger partial charge on any atom is -0.375 e. The van der Waals surface area contributed by atoms with Gasteiger partial charge in [0.15, 0.2) is 5.11 Å². The molecule has 0 aliphatic carbocycles. The Hall–Kier alpha value is -2.01. The van der Waals surface area contributed by atoms with Gasteiger partial charge in [-0.15, -0.1) is 0 Å². The van der Waals surface area contributed by atoms with Gasteiger partial charge in [0.2, 0.25) is 0 Å². The number of benzene rings is 1. The lowest BCUT2D eigenvalue weighted by Gasteiger charge is -1.98. The van der Waals surface area contributed by atoms with Crippen molar-refractivity contribution in [1.82, 2.24) is 10.4 Å². The van der Waals surface area contributed by atoms with Crippen LogP contribution in [0.25, 0.3) is 10.9 Å². The van der Waals surface area contributed by atoms with Crippen molar-refractivity contribution in [3.05, 3.63) is 42.1 Å². The number of aromatic nitrogens is 1. The average Bonchev–Trinajstić information content (AvgIpc) is 2.28. The molecule has 1 heterocycles. The topological polar surface area (TPSA) is 63.3 Å². The molecular formula is C11H10N4S. The third-order valence-corrected chi connectivity index (χ3v) is 2.11. The average molecular weight is 230 g/mol. The fourth-order valence-corrected chi connectivity index (χ4v) is 1.39. The maximum Gasteiger partial charge on any atom is 0.184 e. The Morgan fingerprint density at radius 3 is 3.12 bits per heavy atom. The van der Waals surface area contributed by atoms with Crippen LogP contribution in [0.2, 0.25) is 0 Å². The lowest BCUT2D eigenvalue weighted by molar-refractivity contribution is 1.04. The van der Waals surface area contributed by atoms with Gasteiger partial charge in [-0.05, 0) is 29.9 Å². The van der Waals surface area contributed by atoms with E-state index in [0.29, 0.717) is 0 Å². The Morgan fingerprint density at radius 2 is 2.31 bits per heavy atom. The van der Waals surface area contributed by atoms with Crippen LogP contribution in [-0.2, 0) is 0 Å². The Morgan fingerprint density at radius 1 is 1.44 bits per heavy atom. The van der Waals surface area contributed by atoms with E-state index in [1.54, 1.807) is 12.4 Å². The molecule has 4 nitrogen and oxygen atoms in total. The minimum atomic E-state index is 0.148. The number of fused-ring (bicyclic) bond motifs is 1. The Bertz CT molecular complexity index is 550. The molecule has 0 unspecified atom stereocenters. The predicted molar refractivity (Wildman–Crippen MR) is 69.3 cm³/mol. The molecule has 5 heteroatoms. The second-order valence-corrected chi connectivity index (χ2v) is 3.63. The molecule has 0 saturated carbocycles. The first-order valence-electron chi connectivity index (χ1n) is 4.69. The minimum absolute atomic E-state index is 0.148. The van der Waals surface area contributed by atoms with Crippen LogP contribution in [0.5, 0.6) is 0 Å². The number of hydrazone groups is 1. The summed E-state index contributed by atoms with van der Waals surface area (Å²) in [5.41, 5.74) is 9.61. The van der Waals surface area contributed by atoms with Gasteiger partial charge in [0.1, 0.15) is 0 Å². The lowest BCUT2D eigenvalue weighted by Crippen LogP contribution is -2.23. The first-order chi connectivity index (χ1) is 7.75. The first-order valence-corrected chi connectivity index (χ1v) is 5.10. The fourth-order valence-electron chi connectivity index (χ4n) is 1.33. The molecule has 0 radical (unpaired) electrons. The Labute approximate surface area is 98.2 Å². The molecular weight excluding hydrogens is 220 g/mol. The zero-order valence-corrected chi connectivity index (χ0v) is 9.24. The standard InChI is InChI=1S/C11H10N4S/c12-11(16)15-14-7-8-3-4-9-2-1-5-13-10(9)6-8/h1-7H,(H3,12,15,16)/b14-7+. The van der Waals surface area contributed by atoms with Gasteiger partial charge in [0, 0.05) is 11.6 Å². The van der Waals surface area contributed by atoms with E-state index >= 15 is 0 Å². The van der Waals surface area contributed by atoms with E-state index in [2.05, 4.69) is 27.7 Å². The van der Waals surface area contributed by atoms with Crippen molar-refractivity contribution >= 4 is 34.4 Å². The highest BCUT2D eigenvalue weighted by atomic mass is 32.1. The number of nitrogens with zero attached hydrogens (tertiary/aromatic N) is 2. The van der Waals surface area contributed by atoms with E-state index < -0.39 is 0 Å². The summed E-state index contributed by atoms with van der Waals surface area (Å²) in [5, 5.41) is 5.13. The molecule has 0 saturated heterocycles. The number of hydrogen-bond donors (Lipinski definition) is 2. The highest BCUT2D eigenvalue weighted by molar-refractivity contribution is 7.80. The largest absolute Gasteiger partial charge is 0.375 e. The predicted octanol–water partition coefficient (Wildman–Crippen LogP) is 1.40. The van der Waals surface area contributed by atoms with E-state index in [-0.39, 0.29) is 5.11 Å². The number of nitrogens with two attached hydrogens (primary N) is 1. The van der Waals surface area contributed by atoms with Crippen molar-refractivity contribution < 1.29 is 0 Å². The monoisotopic (exact) mass is 230 g/mol. The van der Waals surface area contributed by atoms with Gasteiger partial charge < -0.3 is 5.73 Å². The summed E-state index contributed by atoms with van der Waals surface area (Å²) in [6, 6.07) is 9.81. The molecule has 3 N–H and O–H groups in total. The molecule has 1 aromatic heterocycles. The van der Waals surface area contributed by atoms with Gasteiger partial charge in [-0.1, -0.05) is 18.2 Å². The number of thiocarbonyl (C=S) groups is 1. The molecule has 0 amide bonds. The van der Waals surface area contributed by atoms with Crippen molar-refractivity contribution in [2.45, 2.75) is 0 Å². The van der Waals surface area contributed by atoms with E-state index in [4.69, 9.17) is 5.73 Å². The summed E-state index contributed by atoms with van der Waals surface area (Å²) < 4.78 is 0. The summed E-state index contributed by atoms with van der Waals surface area (Å²) in [6.45, 7) is 0. The van der Waals surface area contributed by atoms with Gasteiger partial charge in [-0.25, -0.2) is 0 Å². The lowest BCUT2D eigenvalue weighted by atomic mass is 10.1. The van der Waals surface area contributed by atoms with Crippen molar-refractivity contribution in [3.8, 4) is 0 Å². The molecule has 2 rings (SSSR count). The summed E-state index contributed by atoms with van der Waals surface area (Å²) in [4.78, 5) is 4.25. The highest BCUT2D eigenvalue weighted by Gasteiger charge is 1.94. The third kappa shape index (κ3) is 2.52. The molecule has 0 fully saturated rings. The smallest absolute Gasteiger partial charge is 0.184 e. The summed E-state index contributed by atoms with van der Waals surface area (Å²) >= 11 is 4.63. The Balaban J connectivity index is 2.26. The second-order valence-electron chi connectivity index (χ2n) is 3.19. The van der Waals surface area contributed by atoms with Crippen LogP contribution in [0.4, 0.5) is 0 Å². The van der Waals surface area contributed by atoms with Crippen LogP contribution in [0.15, 0.2) is 41.6 Å². The summed E-state index contributed by atoms with van der Waals surface area (Å²) in [5.74, 6) is 0. The van der Waals surface area contributed by atoms with E-state index in [0.717, 1.165) is 16.5 Å². The van der Waals surface area contributed by atoms with E-state index in [9.17, 15) is 0 Å². The van der Waals surface area contributed by atoms with Gasteiger partial charge in [-0.2, -0.15) is 5.10 Å². The van der Waals surface area contributed by atoms with Crippen molar-refractivity contribution in [1.29, 1.82) is 0 Å². The molecule has 0 aliphatic heterocycles. The van der Waals surface area contributed by atoms with Crippen LogP contribution in [0.1, 0.15) is 5.56 Å². The molecule has 16 heavy (non-hydrogen) atoms. The van der Waals surface area contributed by atoms with Crippen molar-refractivity contribution in [3.63, 3.8) is 0 Å². The highest BCUT2D eigenvalue weighted by Crippen LogP contribution is 2.11. The molecule has 0 aliphatic rings. The van der Waals surface area contributed by atoms with Crippen molar-refractivity contribution in [2.75, 3.05) is 0 Å². The quantitative estimate of drug-likeness (QED) is 0.465. The maximum absolute atomic E-state index is 5.24. The molecule has 1 aromatic carbocycles. The van der Waals surface area contributed by atoms with Crippen LogP contribution < -0.4 is 11.2 Å². The fraction of sp³-hybridized carbons (Fsp3) is 0. The normalized spacial score (nSPS) is 10.8. The van der Waals surface area contributed by atoms with Gasteiger partial charge in [0.05, 0.1) is 11.7 Å². The third-order valence-electron chi connectivity index (χ3n) is 2.02. The van der Waals surface area contributed by atoms with Gasteiger partial charge in [0.25, 0.3) is 0 Å². The zero-order valence-electron chi connectivity index (χ0n) is 8.42. The summed E-state index contributed by atoms with van der Waals surface area (Å²) in [6.07, 6.45) is 3.41. The number of hydrogen-bond acceptors (Lipinski definition) is 3. The molecule has 0 spiro atoms. The van der Waals surface area contributed by atoms with Gasteiger partial charge >= 0.3 is 0 Å². The zero-order chi connectivity index (χ0) is 11.4. The Kier molecular flexibility index (Phi) is 3.07. The molecule has 80 valence electrons. The van der Waals surface area contributed by atoms with Crippen LogP contribution in [0, 0.1) is 0 Å². The summed E-state index contributed by atoms with van der Waals surface area (Å²) in [7, 11) is 0. The molecule has 0 atom stereocenters. The first kappa shape index (κ1) is 10.5. The number of nitrogens with one attached hydrogen (secondary N) is 1. The van der Waals surface area contributed by atoms with E-state index in [1.807, 2.05) is 30.3 Å². The second kappa shape index (κ2) is 4.67. The number of rotatable bonds is 2. The molecule has 0 bridgehead atoms. The van der Waals surface area contributed by atoms with Crippen LogP contribution >= 0.6 is 12.2 Å². The SMILES string of the molecule is NC(=S)N/N=C/c1ccc2cccnc2c1.